The zero-order chi connectivity index (χ0) is 14.8. The minimum absolute atomic E-state index is 0.0160. The van der Waals surface area contributed by atoms with E-state index >= 15 is 0 Å². The fourth-order valence-corrected chi connectivity index (χ4v) is 0.945. The van der Waals surface area contributed by atoms with Crippen molar-refractivity contribution in [3.63, 3.8) is 0 Å². The fraction of sp³-hybridized carbons (Fsp3) is 0.333. The van der Waals surface area contributed by atoms with Crippen molar-refractivity contribution < 1.29 is 34.8 Å². The lowest BCUT2D eigenvalue weighted by Crippen LogP contribution is -2.15. The van der Waals surface area contributed by atoms with E-state index in [1.807, 2.05) is 0 Å². The first kappa shape index (κ1) is 17.0. The molecule has 7 heteroatoms. The zero-order valence-electron chi connectivity index (χ0n) is 10.3. The maximum Gasteiger partial charge on any atom is 0.339 e. The molecule has 1 aromatic rings. The van der Waals surface area contributed by atoms with E-state index in [4.69, 9.17) is 20.4 Å². The van der Waals surface area contributed by atoms with Crippen molar-refractivity contribution in [2.75, 3.05) is 13.2 Å². The molecule has 1 rings (SSSR count). The number of carbonyl (C=O) groups is 2. The predicted molar refractivity (Wildman–Crippen MR) is 64.9 cm³/mol. The summed E-state index contributed by atoms with van der Waals surface area (Å²) in [5.41, 5.74) is -0.0160. The second kappa shape index (κ2) is 9.03. The van der Waals surface area contributed by atoms with Gasteiger partial charge in [-0.1, -0.05) is 12.1 Å². The zero-order valence-corrected chi connectivity index (χ0v) is 10.3. The number of benzene rings is 1. The molecule has 0 amide bonds. The number of carboxylic acids is 1. The highest BCUT2D eigenvalue weighted by Crippen LogP contribution is 2.17. The molecule has 0 saturated heterocycles. The lowest BCUT2D eigenvalue weighted by atomic mass is 10.2. The van der Waals surface area contributed by atoms with E-state index in [1.165, 1.54) is 19.1 Å². The van der Waals surface area contributed by atoms with Crippen LogP contribution in [-0.4, -0.2) is 51.7 Å². The lowest BCUT2D eigenvalue weighted by molar-refractivity contribution is -0.131. The van der Waals surface area contributed by atoms with Crippen molar-refractivity contribution in [1.29, 1.82) is 0 Å². The third kappa shape index (κ3) is 7.14. The van der Waals surface area contributed by atoms with E-state index in [9.17, 15) is 9.59 Å². The smallest absolute Gasteiger partial charge is 0.339 e. The van der Waals surface area contributed by atoms with Gasteiger partial charge in [0, 0.05) is 6.92 Å². The number of rotatable bonds is 4. The normalized spacial score (nSPS) is 9.53. The summed E-state index contributed by atoms with van der Waals surface area (Å²) in [6.45, 7) is 0.492. The molecule has 19 heavy (non-hydrogen) atoms. The van der Waals surface area contributed by atoms with Crippen LogP contribution in [-0.2, 0) is 4.79 Å². The van der Waals surface area contributed by atoms with Crippen LogP contribution in [0.2, 0.25) is 0 Å². The Morgan fingerprint density at radius 2 is 1.74 bits per heavy atom. The topological polar surface area (TPSA) is 124 Å². The van der Waals surface area contributed by atoms with Crippen LogP contribution < -0.4 is 4.74 Å². The molecule has 4 N–H and O–H groups in total. The van der Waals surface area contributed by atoms with Crippen LogP contribution in [0.5, 0.6) is 5.75 Å². The Balaban J connectivity index is 0.000000459. The summed E-state index contributed by atoms with van der Waals surface area (Å²) in [5, 5.41) is 32.7. The number of aromatic carboxylic acids is 1. The van der Waals surface area contributed by atoms with Crippen molar-refractivity contribution in [1.82, 2.24) is 0 Å². The number of esters is 1. The van der Waals surface area contributed by atoms with E-state index in [0.717, 1.165) is 0 Å². The number of hydrogen-bond acceptors (Lipinski definition) is 6. The van der Waals surface area contributed by atoms with Crippen LogP contribution in [0.1, 0.15) is 17.3 Å². The minimum Gasteiger partial charge on any atom is -0.478 e. The molecule has 0 atom stereocenters. The van der Waals surface area contributed by atoms with Gasteiger partial charge in [0.25, 0.3) is 0 Å². The van der Waals surface area contributed by atoms with Crippen LogP contribution in [0.15, 0.2) is 24.3 Å². The Bertz CT molecular complexity index is 412. The van der Waals surface area contributed by atoms with Crippen LogP contribution in [0.4, 0.5) is 0 Å². The molecule has 0 radical (unpaired) electrons. The molecule has 0 heterocycles. The molecule has 7 nitrogen and oxygen atoms in total. The second-order valence-corrected chi connectivity index (χ2v) is 3.41. The van der Waals surface area contributed by atoms with Gasteiger partial charge in [-0.25, -0.2) is 4.79 Å². The summed E-state index contributed by atoms with van der Waals surface area (Å²) in [7, 11) is 0. The first-order valence-corrected chi connectivity index (χ1v) is 5.32. The molecule has 0 spiro atoms. The van der Waals surface area contributed by atoms with Gasteiger partial charge in [0.2, 0.25) is 0 Å². The Morgan fingerprint density at radius 3 is 2.11 bits per heavy atom. The van der Waals surface area contributed by atoms with Crippen molar-refractivity contribution in [2.24, 2.45) is 0 Å². The van der Waals surface area contributed by atoms with E-state index < -0.39 is 18.0 Å². The summed E-state index contributed by atoms with van der Waals surface area (Å²) in [6.07, 6.45) is -0.954. The number of carboxylic acid groups (broad SMARTS) is 1. The lowest BCUT2D eigenvalue weighted by Gasteiger charge is -2.03. The Labute approximate surface area is 109 Å². The van der Waals surface area contributed by atoms with Crippen LogP contribution in [0, 0.1) is 0 Å². The molecule has 0 aliphatic heterocycles. The summed E-state index contributed by atoms with van der Waals surface area (Å²) in [5.74, 6) is -1.58. The van der Waals surface area contributed by atoms with Gasteiger partial charge in [-0.15, -0.1) is 0 Å². The number of hydrogen-bond donors (Lipinski definition) is 4. The Kier molecular flexibility index (Phi) is 8.10. The van der Waals surface area contributed by atoms with Gasteiger partial charge in [-0.2, -0.15) is 0 Å². The molecule has 0 fully saturated rings. The largest absolute Gasteiger partial charge is 0.478 e. The van der Waals surface area contributed by atoms with Gasteiger partial charge in [-0.05, 0) is 12.1 Å². The molecule has 0 aromatic heterocycles. The number of ether oxygens (including phenoxy) is 1. The quantitative estimate of drug-likeness (QED) is 0.436. The average molecular weight is 272 g/mol. The SMILES string of the molecule is CC(=O)Oc1ccccc1C(=O)O.OCC(O)CO. The van der Waals surface area contributed by atoms with Crippen LogP contribution in [0.25, 0.3) is 0 Å². The maximum absolute atomic E-state index is 10.6. The molecular formula is C12H16O7. The van der Waals surface area contributed by atoms with Gasteiger partial charge in [0.05, 0.1) is 13.2 Å². The summed E-state index contributed by atoms with van der Waals surface area (Å²) in [4.78, 5) is 21.2. The average Bonchev–Trinajstić information content (AvgIpc) is 2.38. The predicted octanol–water partition coefficient (Wildman–Crippen LogP) is -0.358. The van der Waals surface area contributed by atoms with Gasteiger partial charge >= 0.3 is 11.9 Å². The number of aliphatic hydroxyl groups is 3. The van der Waals surface area contributed by atoms with Crippen molar-refractivity contribution in [3.05, 3.63) is 29.8 Å². The van der Waals surface area contributed by atoms with Gasteiger partial charge in [0.1, 0.15) is 17.4 Å². The molecule has 0 bridgehead atoms. The van der Waals surface area contributed by atoms with Crippen molar-refractivity contribution in [2.45, 2.75) is 13.0 Å². The van der Waals surface area contributed by atoms with E-state index in [2.05, 4.69) is 4.74 Å². The highest BCUT2D eigenvalue weighted by Gasteiger charge is 2.10. The van der Waals surface area contributed by atoms with Gasteiger partial charge < -0.3 is 25.2 Å². The minimum atomic E-state index is -1.11. The first-order valence-electron chi connectivity index (χ1n) is 5.32. The van der Waals surface area contributed by atoms with E-state index in [0.29, 0.717) is 0 Å². The molecule has 0 unspecified atom stereocenters. The molecule has 1 aromatic carbocycles. The standard InChI is InChI=1S/C9H8O4.C3H8O3/c1-6(10)13-8-5-3-2-4-7(8)9(11)12;4-1-3(6)2-5/h2-5H,1H3,(H,11,12);3-6H,1-2H2. The van der Waals surface area contributed by atoms with E-state index in [-0.39, 0.29) is 24.5 Å². The van der Waals surface area contributed by atoms with Crippen LogP contribution >= 0.6 is 0 Å². The summed E-state index contributed by atoms with van der Waals surface area (Å²) >= 11 is 0. The van der Waals surface area contributed by atoms with Crippen molar-refractivity contribution in [3.8, 4) is 5.75 Å². The van der Waals surface area contributed by atoms with Crippen LogP contribution in [0.3, 0.4) is 0 Å². The molecule has 0 saturated carbocycles. The van der Waals surface area contributed by atoms with Gasteiger partial charge in [-0.3, -0.25) is 4.79 Å². The third-order valence-electron chi connectivity index (χ3n) is 1.79. The highest BCUT2D eigenvalue weighted by molar-refractivity contribution is 5.91. The summed E-state index contributed by atoms with van der Waals surface area (Å²) in [6, 6.07) is 5.98. The Morgan fingerprint density at radius 1 is 1.21 bits per heavy atom. The summed E-state index contributed by atoms with van der Waals surface area (Å²) < 4.78 is 4.69. The Hall–Kier alpha value is -1.96. The number of aliphatic hydroxyl groups excluding tert-OH is 3. The van der Waals surface area contributed by atoms with Crippen molar-refractivity contribution >= 4 is 11.9 Å². The molecular weight excluding hydrogens is 256 g/mol. The van der Waals surface area contributed by atoms with E-state index in [1.54, 1.807) is 12.1 Å². The third-order valence-corrected chi connectivity index (χ3v) is 1.79. The molecule has 0 aliphatic rings. The highest BCUT2D eigenvalue weighted by atomic mass is 16.5. The number of para-hydroxylation sites is 1. The fourth-order valence-electron chi connectivity index (χ4n) is 0.945. The molecule has 0 aliphatic carbocycles. The second-order valence-electron chi connectivity index (χ2n) is 3.41. The van der Waals surface area contributed by atoms with Gasteiger partial charge in [0.15, 0.2) is 0 Å². The number of carbonyl (C=O) groups excluding carboxylic acids is 1. The maximum atomic E-state index is 10.6. The first-order chi connectivity index (χ1) is 8.92. The monoisotopic (exact) mass is 272 g/mol. The molecule has 106 valence electrons.